The molecule has 0 aliphatic heterocycles. The van der Waals surface area contributed by atoms with Crippen LogP contribution in [0.3, 0.4) is 0 Å². The summed E-state index contributed by atoms with van der Waals surface area (Å²) >= 11 is 2.29. The van der Waals surface area contributed by atoms with E-state index in [0.717, 1.165) is 0 Å². The molecule has 0 aromatic carbocycles. The molecule has 0 bridgehead atoms. The number of carbonyl (C=O) groups excluding carboxylic acids is 1. The van der Waals surface area contributed by atoms with Gasteiger partial charge in [-0.15, -0.1) is 0 Å². The van der Waals surface area contributed by atoms with Gasteiger partial charge in [0.2, 0.25) is 0 Å². The molecule has 0 heterocycles. The Bertz CT molecular complexity index is 74.1. The Morgan fingerprint density at radius 1 is 2.00 bits per heavy atom. The van der Waals surface area contributed by atoms with E-state index in [2.05, 4.69) is 16.0 Å². The first-order chi connectivity index (χ1) is 3.18. The van der Waals surface area contributed by atoms with Crippen LogP contribution in [0, 0.1) is 0 Å². The van der Waals surface area contributed by atoms with Crippen LogP contribution in [0.4, 0.5) is 0 Å². The number of hydrogen-bond acceptors (Lipinski definition) is 2. The molecule has 0 aromatic heterocycles. The van der Waals surface area contributed by atoms with Crippen molar-refractivity contribution in [2.24, 2.45) is 5.73 Å². The van der Waals surface area contributed by atoms with Crippen molar-refractivity contribution in [3.8, 4) is 0 Å². The zero-order valence-corrected chi connectivity index (χ0v) is 6.09. The minimum atomic E-state index is -0.264. The van der Waals surface area contributed by atoms with Gasteiger partial charge in [0, 0.05) is 0 Å². The second kappa shape index (κ2) is 3.19. The van der Waals surface area contributed by atoms with E-state index in [1.807, 2.05) is 0 Å². The third kappa shape index (κ3) is 2.80. The van der Waals surface area contributed by atoms with E-state index < -0.39 is 0 Å². The van der Waals surface area contributed by atoms with Crippen molar-refractivity contribution in [1.82, 2.24) is 0 Å². The van der Waals surface area contributed by atoms with E-state index in [9.17, 15) is 4.79 Å². The fourth-order valence-electron chi connectivity index (χ4n) is 0.129. The standard InChI is InChI=1S/C4H9NOSe/c1-3(6)4(5)2-7/h4,7H,2,5H2,1H3. The average Bonchev–Trinajstić information content (AvgIpc) is 1.65. The average molecular weight is 166 g/mol. The van der Waals surface area contributed by atoms with E-state index in [1.54, 1.807) is 0 Å². The monoisotopic (exact) mass is 167 g/mol. The number of rotatable bonds is 2. The molecule has 0 saturated heterocycles. The zero-order valence-electron chi connectivity index (χ0n) is 4.22. The van der Waals surface area contributed by atoms with Gasteiger partial charge in [-0.1, -0.05) is 0 Å². The van der Waals surface area contributed by atoms with Crippen LogP contribution in [0.1, 0.15) is 6.92 Å². The van der Waals surface area contributed by atoms with Crippen LogP contribution in [-0.2, 0) is 4.79 Å². The summed E-state index contributed by atoms with van der Waals surface area (Å²) in [4.78, 5) is 10.2. The number of ketones is 1. The van der Waals surface area contributed by atoms with Gasteiger partial charge in [-0.05, 0) is 0 Å². The first-order valence-corrected chi connectivity index (χ1v) is 3.38. The number of carbonyl (C=O) groups is 1. The summed E-state index contributed by atoms with van der Waals surface area (Å²) in [6.07, 6.45) is 0. The van der Waals surface area contributed by atoms with Crippen molar-refractivity contribution < 1.29 is 4.79 Å². The van der Waals surface area contributed by atoms with Crippen molar-refractivity contribution in [2.45, 2.75) is 18.3 Å². The summed E-state index contributed by atoms with van der Waals surface area (Å²) in [5, 5.41) is 0.683. The van der Waals surface area contributed by atoms with Gasteiger partial charge in [0.15, 0.2) is 0 Å². The summed E-state index contributed by atoms with van der Waals surface area (Å²) in [7, 11) is 0. The van der Waals surface area contributed by atoms with Crippen LogP contribution in [0.5, 0.6) is 0 Å². The molecule has 0 aromatic rings. The molecule has 1 atom stereocenters. The van der Waals surface area contributed by atoms with E-state index in [1.165, 1.54) is 6.92 Å². The van der Waals surface area contributed by atoms with Gasteiger partial charge in [0.25, 0.3) is 0 Å². The molecule has 0 amide bonds. The molecule has 0 aliphatic rings. The number of nitrogens with two attached hydrogens (primary N) is 1. The first-order valence-electron chi connectivity index (χ1n) is 2.05. The van der Waals surface area contributed by atoms with Gasteiger partial charge < -0.3 is 0 Å². The molecule has 2 nitrogen and oxygen atoms in total. The Hall–Kier alpha value is 0.149. The Balaban J connectivity index is 3.34. The maximum atomic E-state index is 10.2. The quantitative estimate of drug-likeness (QED) is 0.547. The van der Waals surface area contributed by atoms with Crippen molar-refractivity contribution in [3.05, 3.63) is 0 Å². The molecule has 0 spiro atoms. The summed E-state index contributed by atoms with van der Waals surface area (Å²) in [6.45, 7) is 1.50. The topological polar surface area (TPSA) is 43.1 Å². The molecule has 1 unspecified atom stereocenters. The second-order valence-electron chi connectivity index (χ2n) is 1.40. The molecule has 0 rings (SSSR count). The number of hydrogen-bond donors (Lipinski definition) is 1. The van der Waals surface area contributed by atoms with E-state index >= 15 is 0 Å². The van der Waals surface area contributed by atoms with Crippen molar-refractivity contribution in [2.75, 3.05) is 0 Å². The van der Waals surface area contributed by atoms with Gasteiger partial charge in [-0.2, -0.15) is 0 Å². The molecular formula is C4H9NOSe. The molecule has 2 N–H and O–H groups in total. The summed E-state index contributed by atoms with van der Waals surface area (Å²) < 4.78 is 0. The molecule has 0 radical (unpaired) electrons. The maximum absolute atomic E-state index is 10.2. The molecule has 0 saturated carbocycles. The Kier molecular flexibility index (Phi) is 3.26. The summed E-state index contributed by atoms with van der Waals surface area (Å²) in [5.41, 5.74) is 5.25. The Labute approximate surface area is 51.3 Å². The van der Waals surface area contributed by atoms with E-state index in [0.29, 0.717) is 5.32 Å². The summed E-state index contributed by atoms with van der Waals surface area (Å²) in [6, 6.07) is -0.264. The van der Waals surface area contributed by atoms with Crippen LogP contribution in [-0.4, -0.2) is 27.8 Å². The van der Waals surface area contributed by atoms with Gasteiger partial charge in [0.05, 0.1) is 0 Å². The van der Waals surface area contributed by atoms with Gasteiger partial charge in [0.1, 0.15) is 0 Å². The third-order valence-electron chi connectivity index (χ3n) is 0.719. The molecule has 0 fully saturated rings. The minimum absolute atomic E-state index is 0.0561. The van der Waals surface area contributed by atoms with Crippen molar-refractivity contribution >= 4 is 21.8 Å². The van der Waals surface area contributed by atoms with Crippen molar-refractivity contribution in [3.63, 3.8) is 0 Å². The zero-order chi connectivity index (χ0) is 5.86. The van der Waals surface area contributed by atoms with Crippen LogP contribution in [0.25, 0.3) is 0 Å². The normalized spacial score (nSPS) is 13.6. The van der Waals surface area contributed by atoms with Gasteiger partial charge in [-0.25, -0.2) is 0 Å². The van der Waals surface area contributed by atoms with E-state index in [-0.39, 0.29) is 11.8 Å². The van der Waals surface area contributed by atoms with Crippen molar-refractivity contribution in [1.29, 1.82) is 0 Å². The molecular weight excluding hydrogens is 157 g/mol. The molecule has 0 aliphatic carbocycles. The molecule has 7 heavy (non-hydrogen) atoms. The van der Waals surface area contributed by atoms with Gasteiger partial charge in [-0.3, -0.25) is 0 Å². The van der Waals surface area contributed by atoms with Crippen LogP contribution >= 0.6 is 0 Å². The SMILES string of the molecule is CC(=O)C(N)C[SeH]. The fourth-order valence-corrected chi connectivity index (χ4v) is 0.668. The predicted octanol–water partition coefficient (Wildman–Crippen LogP) is -0.778. The Morgan fingerprint density at radius 2 is 2.43 bits per heavy atom. The van der Waals surface area contributed by atoms with E-state index in [4.69, 9.17) is 5.73 Å². The Morgan fingerprint density at radius 3 is 2.43 bits per heavy atom. The predicted molar refractivity (Wildman–Crippen MR) is 30.6 cm³/mol. The summed E-state index contributed by atoms with van der Waals surface area (Å²) in [5.74, 6) is 0.0561. The first kappa shape index (κ1) is 7.15. The van der Waals surface area contributed by atoms with Crippen LogP contribution in [0.15, 0.2) is 0 Å². The fraction of sp³-hybridized carbons (Fsp3) is 0.750. The second-order valence-corrected chi connectivity index (χ2v) is 2.17. The number of Topliss-reactive ketones (excluding diaryl/α,β-unsaturated/α-hetero) is 1. The van der Waals surface area contributed by atoms with Crippen LogP contribution in [0.2, 0.25) is 5.32 Å². The van der Waals surface area contributed by atoms with Crippen LogP contribution < -0.4 is 5.73 Å². The molecule has 3 heteroatoms. The third-order valence-corrected chi connectivity index (χ3v) is 1.54. The molecule has 42 valence electrons. The van der Waals surface area contributed by atoms with Gasteiger partial charge >= 0.3 is 50.6 Å².